The lowest BCUT2D eigenvalue weighted by Gasteiger charge is -2.36. The second-order valence-electron chi connectivity index (χ2n) is 9.08. The van der Waals surface area contributed by atoms with Crippen molar-refractivity contribution in [1.29, 1.82) is 0 Å². The Balaban J connectivity index is 1.39. The standard InChI is InChI=1S/C27H28FN7OS/c1-18-8-10-21(11-9-18)35-24(17-37-27-29-19(2)16-20(3)30-27)25(31-32-35)26(36)34-14-12-33(13-15-34)23-7-5-4-6-22(23)28/h4-11,16H,12-15,17H2,1-3H3. The predicted molar refractivity (Wildman–Crippen MR) is 142 cm³/mol. The van der Waals surface area contributed by atoms with Gasteiger partial charge in [-0.1, -0.05) is 46.8 Å². The van der Waals surface area contributed by atoms with Crippen LogP contribution in [0.4, 0.5) is 10.1 Å². The van der Waals surface area contributed by atoms with E-state index in [1.807, 2.05) is 62.1 Å². The highest BCUT2D eigenvalue weighted by molar-refractivity contribution is 7.98. The minimum Gasteiger partial charge on any atom is -0.366 e. The molecule has 1 saturated heterocycles. The molecule has 3 heterocycles. The molecule has 0 radical (unpaired) electrons. The van der Waals surface area contributed by atoms with Crippen molar-refractivity contribution >= 4 is 23.4 Å². The summed E-state index contributed by atoms with van der Waals surface area (Å²) in [5, 5.41) is 9.33. The van der Waals surface area contributed by atoms with Crippen LogP contribution in [0.5, 0.6) is 0 Å². The van der Waals surface area contributed by atoms with E-state index in [9.17, 15) is 9.18 Å². The zero-order valence-electron chi connectivity index (χ0n) is 21.1. The number of aryl methyl sites for hydroxylation is 3. The number of rotatable bonds is 6. The summed E-state index contributed by atoms with van der Waals surface area (Å²) in [6.45, 7) is 7.92. The molecular weight excluding hydrogens is 489 g/mol. The molecule has 0 saturated carbocycles. The summed E-state index contributed by atoms with van der Waals surface area (Å²) in [5.41, 5.74) is 5.32. The highest BCUT2D eigenvalue weighted by Crippen LogP contribution is 2.26. The molecule has 2 aromatic carbocycles. The van der Waals surface area contributed by atoms with Crippen LogP contribution < -0.4 is 4.90 Å². The van der Waals surface area contributed by atoms with Crippen LogP contribution in [0.2, 0.25) is 0 Å². The molecule has 1 amide bonds. The first-order chi connectivity index (χ1) is 17.9. The van der Waals surface area contributed by atoms with Crippen LogP contribution >= 0.6 is 11.8 Å². The fourth-order valence-electron chi connectivity index (χ4n) is 4.39. The monoisotopic (exact) mass is 517 g/mol. The minimum absolute atomic E-state index is 0.177. The maximum atomic E-state index is 14.3. The second kappa shape index (κ2) is 10.7. The van der Waals surface area contributed by atoms with E-state index in [0.717, 1.165) is 22.6 Å². The van der Waals surface area contributed by atoms with Gasteiger partial charge in [-0.05, 0) is 51.1 Å². The molecule has 1 aliphatic rings. The third-order valence-electron chi connectivity index (χ3n) is 6.30. The Morgan fingerprint density at radius 3 is 2.30 bits per heavy atom. The summed E-state index contributed by atoms with van der Waals surface area (Å²) in [5.74, 6) is -0.000226. The van der Waals surface area contributed by atoms with Crippen molar-refractivity contribution in [1.82, 2.24) is 29.9 Å². The number of thioether (sulfide) groups is 1. The van der Waals surface area contributed by atoms with Gasteiger partial charge in [0.2, 0.25) is 0 Å². The molecule has 2 aromatic heterocycles. The molecule has 37 heavy (non-hydrogen) atoms. The van der Waals surface area contributed by atoms with Gasteiger partial charge in [0.05, 0.1) is 17.1 Å². The number of nitrogens with zero attached hydrogens (tertiary/aromatic N) is 7. The number of hydrogen-bond donors (Lipinski definition) is 0. The number of benzene rings is 2. The average molecular weight is 518 g/mol. The predicted octanol–water partition coefficient (Wildman–Crippen LogP) is 4.38. The molecule has 0 aliphatic carbocycles. The van der Waals surface area contributed by atoms with E-state index in [2.05, 4.69) is 20.3 Å². The molecule has 5 rings (SSSR count). The lowest BCUT2D eigenvalue weighted by molar-refractivity contribution is 0.0739. The number of carbonyl (C=O) groups is 1. The maximum Gasteiger partial charge on any atom is 0.276 e. The van der Waals surface area contributed by atoms with Crippen molar-refractivity contribution in [2.24, 2.45) is 0 Å². The van der Waals surface area contributed by atoms with Gasteiger partial charge in [-0.3, -0.25) is 4.79 Å². The lowest BCUT2D eigenvalue weighted by atomic mass is 10.2. The van der Waals surface area contributed by atoms with E-state index in [4.69, 9.17) is 0 Å². The van der Waals surface area contributed by atoms with Gasteiger partial charge in [-0.25, -0.2) is 19.0 Å². The van der Waals surface area contributed by atoms with Crippen LogP contribution in [0.3, 0.4) is 0 Å². The number of piperazine rings is 1. The zero-order valence-corrected chi connectivity index (χ0v) is 21.9. The second-order valence-corrected chi connectivity index (χ2v) is 10.0. The number of carbonyl (C=O) groups excluding carboxylic acids is 1. The lowest BCUT2D eigenvalue weighted by Crippen LogP contribution is -2.49. The number of aromatic nitrogens is 5. The summed E-state index contributed by atoms with van der Waals surface area (Å²) >= 11 is 1.45. The van der Waals surface area contributed by atoms with Crippen molar-refractivity contribution in [3.63, 3.8) is 0 Å². The van der Waals surface area contributed by atoms with Gasteiger partial charge in [-0.15, -0.1) is 5.10 Å². The van der Waals surface area contributed by atoms with Gasteiger partial charge in [0, 0.05) is 43.3 Å². The van der Waals surface area contributed by atoms with Crippen LogP contribution in [0.25, 0.3) is 5.69 Å². The van der Waals surface area contributed by atoms with Crippen molar-refractivity contribution in [3.8, 4) is 5.69 Å². The highest BCUT2D eigenvalue weighted by atomic mass is 32.2. The topological polar surface area (TPSA) is 80.0 Å². The quantitative estimate of drug-likeness (QED) is 0.277. The summed E-state index contributed by atoms with van der Waals surface area (Å²) in [4.78, 5) is 26.4. The van der Waals surface area contributed by atoms with Crippen LogP contribution in [0.15, 0.2) is 59.8 Å². The van der Waals surface area contributed by atoms with Crippen LogP contribution in [-0.4, -0.2) is 61.9 Å². The third-order valence-corrected chi connectivity index (χ3v) is 7.16. The number of amides is 1. The van der Waals surface area contributed by atoms with E-state index >= 15 is 0 Å². The third kappa shape index (κ3) is 5.48. The van der Waals surface area contributed by atoms with E-state index < -0.39 is 0 Å². The number of anilines is 1. The Kier molecular flexibility index (Phi) is 7.18. The van der Waals surface area contributed by atoms with Crippen molar-refractivity contribution < 1.29 is 9.18 Å². The Morgan fingerprint density at radius 2 is 1.62 bits per heavy atom. The Labute approximate surface area is 219 Å². The van der Waals surface area contributed by atoms with Crippen molar-refractivity contribution in [3.05, 3.63) is 88.8 Å². The molecule has 4 aromatic rings. The summed E-state index contributed by atoms with van der Waals surface area (Å²) in [6, 6.07) is 16.6. The summed E-state index contributed by atoms with van der Waals surface area (Å²) < 4.78 is 16.0. The number of para-hydroxylation sites is 1. The fourth-order valence-corrected chi connectivity index (χ4v) is 5.33. The molecule has 0 bridgehead atoms. The molecule has 10 heteroatoms. The first-order valence-corrected chi connectivity index (χ1v) is 13.1. The normalized spacial score (nSPS) is 13.7. The molecular formula is C27H28FN7OS. The van der Waals surface area contributed by atoms with E-state index in [-0.39, 0.29) is 11.7 Å². The van der Waals surface area contributed by atoms with Gasteiger partial charge in [0.1, 0.15) is 5.82 Å². The van der Waals surface area contributed by atoms with Crippen LogP contribution in [-0.2, 0) is 5.75 Å². The molecule has 190 valence electrons. The van der Waals surface area contributed by atoms with Gasteiger partial charge in [0.25, 0.3) is 5.91 Å². The molecule has 8 nitrogen and oxygen atoms in total. The Morgan fingerprint density at radius 1 is 0.946 bits per heavy atom. The first-order valence-electron chi connectivity index (χ1n) is 12.1. The van der Waals surface area contributed by atoms with E-state index in [1.54, 1.807) is 21.7 Å². The molecule has 1 aliphatic heterocycles. The van der Waals surface area contributed by atoms with Crippen LogP contribution in [0.1, 0.15) is 33.1 Å². The van der Waals surface area contributed by atoms with Crippen molar-refractivity contribution in [2.45, 2.75) is 31.7 Å². The summed E-state index contributed by atoms with van der Waals surface area (Å²) in [6.07, 6.45) is 0. The van der Waals surface area contributed by atoms with Crippen molar-refractivity contribution in [2.75, 3.05) is 31.1 Å². The first kappa shape index (κ1) is 24.9. The Hall–Kier alpha value is -3.79. The largest absolute Gasteiger partial charge is 0.366 e. The van der Waals surface area contributed by atoms with Gasteiger partial charge in [-0.2, -0.15) is 0 Å². The van der Waals surface area contributed by atoms with Crippen LogP contribution in [0, 0.1) is 26.6 Å². The van der Waals surface area contributed by atoms with E-state index in [0.29, 0.717) is 54.2 Å². The zero-order chi connectivity index (χ0) is 25.9. The highest BCUT2D eigenvalue weighted by Gasteiger charge is 2.29. The van der Waals surface area contributed by atoms with Gasteiger partial charge < -0.3 is 9.80 Å². The number of halogens is 1. The number of hydrogen-bond acceptors (Lipinski definition) is 7. The molecule has 0 N–H and O–H groups in total. The summed E-state index contributed by atoms with van der Waals surface area (Å²) in [7, 11) is 0. The minimum atomic E-state index is -0.253. The van der Waals surface area contributed by atoms with Gasteiger partial charge in [0.15, 0.2) is 10.9 Å². The molecule has 0 atom stereocenters. The average Bonchev–Trinajstić information content (AvgIpc) is 3.31. The molecule has 0 spiro atoms. The Bertz CT molecular complexity index is 1390. The maximum absolute atomic E-state index is 14.3. The molecule has 1 fully saturated rings. The van der Waals surface area contributed by atoms with Gasteiger partial charge >= 0.3 is 0 Å². The van der Waals surface area contributed by atoms with E-state index in [1.165, 1.54) is 17.8 Å². The SMILES string of the molecule is Cc1ccc(-n2nnc(C(=O)N3CCN(c4ccccc4F)CC3)c2CSc2nc(C)cc(C)n2)cc1. The smallest absolute Gasteiger partial charge is 0.276 e. The fraction of sp³-hybridized carbons (Fsp3) is 0.296. The molecule has 0 unspecified atom stereocenters.